The molecule has 1 amide bonds. The first-order chi connectivity index (χ1) is 8.81. The maximum Gasteiger partial charge on any atom is 0.433 e. The molecule has 0 aliphatic carbocycles. The van der Waals surface area contributed by atoms with Crippen molar-refractivity contribution in [3.63, 3.8) is 0 Å². The number of furan rings is 1. The average molecular weight is 303 g/mol. The van der Waals surface area contributed by atoms with Crippen molar-refractivity contribution in [3.05, 3.63) is 63.0 Å². The van der Waals surface area contributed by atoms with Crippen LogP contribution in [0.15, 0.2) is 51.5 Å². The number of amides is 1. The van der Waals surface area contributed by atoms with E-state index in [1.807, 2.05) is 0 Å². The summed E-state index contributed by atoms with van der Waals surface area (Å²) in [6.07, 6.45) is 1.28. The molecular formula is C11H8Cl2N2O4. The van der Waals surface area contributed by atoms with E-state index >= 15 is 0 Å². The normalized spacial score (nSPS) is 10.9. The third-order valence-electron chi connectivity index (χ3n) is 1.83. The van der Waals surface area contributed by atoms with Gasteiger partial charge in [0.1, 0.15) is 4.92 Å². The predicted octanol–water partition coefficient (Wildman–Crippen LogP) is 3.31. The molecule has 0 atom stereocenters. The molecule has 0 aromatic carbocycles. The highest BCUT2D eigenvalue weighted by Crippen LogP contribution is 2.18. The fourth-order valence-corrected chi connectivity index (χ4v) is 1.21. The zero-order valence-electron chi connectivity index (χ0n) is 9.48. The van der Waals surface area contributed by atoms with Crippen LogP contribution >= 0.6 is 23.2 Å². The number of rotatable bonds is 5. The van der Waals surface area contributed by atoms with E-state index in [-0.39, 0.29) is 21.5 Å². The Hall–Kier alpha value is -2.05. The monoisotopic (exact) mass is 302 g/mol. The second-order valence-corrected chi connectivity index (χ2v) is 4.13. The summed E-state index contributed by atoms with van der Waals surface area (Å²) in [4.78, 5) is 21.3. The van der Waals surface area contributed by atoms with Crippen LogP contribution in [-0.2, 0) is 0 Å². The Morgan fingerprint density at radius 3 is 2.53 bits per heavy atom. The maximum atomic E-state index is 11.6. The molecule has 1 N–H and O–H groups in total. The Kier molecular flexibility index (Phi) is 4.91. The molecule has 0 radical (unpaired) electrons. The van der Waals surface area contributed by atoms with Gasteiger partial charge in [0.2, 0.25) is 0 Å². The molecule has 0 aliphatic heterocycles. The van der Waals surface area contributed by atoms with Crippen molar-refractivity contribution in [3.8, 4) is 0 Å². The molecule has 0 unspecified atom stereocenters. The van der Waals surface area contributed by atoms with Gasteiger partial charge in [-0.3, -0.25) is 14.9 Å². The van der Waals surface area contributed by atoms with E-state index < -0.39 is 16.7 Å². The highest BCUT2D eigenvalue weighted by atomic mass is 35.5. The minimum Gasteiger partial charge on any atom is -0.395 e. The molecule has 0 fully saturated rings. The van der Waals surface area contributed by atoms with Crippen molar-refractivity contribution in [1.29, 1.82) is 0 Å². The van der Waals surface area contributed by atoms with E-state index in [0.29, 0.717) is 0 Å². The average Bonchev–Trinajstić information content (AvgIpc) is 2.77. The Morgan fingerprint density at radius 2 is 2.05 bits per heavy atom. The molecule has 1 aromatic heterocycles. The van der Waals surface area contributed by atoms with Gasteiger partial charge in [0.25, 0.3) is 5.91 Å². The van der Waals surface area contributed by atoms with Crippen LogP contribution in [0.4, 0.5) is 5.88 Å². The molecule has 1 heterocycles. The van der Waals surface area contributed by atoms with Gasteiger partial charge in [-0.1, -0.05) is 36.4 Å². The Bertz CT molecular complexity index is 589. The summed E-state index contributed by atoms with van der Waals surface area (Å²) in [5.41, 5.74) is 0.135. The largest absolute Gasteiger partial charge is 0.433 e. The Labute approximate surface area is 118 Å². The zero-order chi connectivity index (χ0) is 14.6. The van der Waals surface area contributed by atoms with Crippen molar-refractivity contribution in [2.45, 2.75) is 0 Å². The third-order valence-corrected chi connectivity index (χ3v) is 2.47. The van der Waals surface area contributed by atoms with Crippen LogP contribution in [-0.4, -0.2) is 10.8 Å². The fourth-order valence-electron chi connectivity index (χ4n) is 1.02. The minimum absolute atomic E-state index is 0.0886. The lowest BCUT2D eigenvalue weighted by molar-refractivity contribution is -0.402. The molecule has 1 aromatic rings. The van der Waals surface area contributed by atoms with Crippen LogP contribution in [0.25, 0.3) is 0 Å². The predicted molar refractivity (Wildman–Crippen MR) is 70.9 cm³/mol. The number of hydrogen-bond donors (Lipinski definition) is 1. The summed E-state index contributed by atoms with van der Waals surface area (Å²) in [6, 6.07) is 2.24. The second kappa shape index (κ2) is 6.21. The number of nitro groups is 1. The molecule has 0 saturated heterocycles. The molecular weight excluding hydrogens is 295 g/mol. The van der Waals surface area contributed by atoms with Crippen molar-refractivity contribution in [1.82, 2.24) is 5.32 Å². The number of halogens is 2. The first kappa shape index (κ1) is 15.0. The molecule has 0 bridgehead atoms. The van der Waals surface area contributed by atoms with Gasteiger partial charge < -0.3 is 9.73 Å². The summed E-state index contributed by atoms with van der Waals surface area (Å²) in [5.74, 6) is -1.44. The number of carbonyl (C=O) groups is 1. The lowest BCUT2D eigenvalue weighted by Gasteiger charge is -2.02. The highest BCUT2D eigenvalue weighted by molar-refractivity contribution is 6.43. The molecule has 6 nitrogen and oxygen atoms in total. The lowest BCUT2D eigenvalue weighted by atomic mass is 10.3. The van der Waals surface area contributed by atoms with E-state index in [1.54, 1.807) is 0 Å². The van der Waals surface area contributed by atoms with E-state index in [2.05, 4.69) is 18.5 Å². The number of carbonyl (C=O) groups excluding carboxylic acids is 1. The topological polar surface area (TPSA) is 85.4 Å². The van der Waals surface area contributed by atoms with Crippen LogP contribution in [0.3, 0.4) is 0 Å². The first-order valence-corrected chi connectivity index (χ1v) is 5.53. The van der Waals surface area contributed by atoms with E-state index in [1.165, 1.54) is 12.1 Å². The van der Waals surface area contributed by atoms with Gasteiger partial charge in [0.15, 0.2) is 5.76 Å². The second-order valence-electron chi connectivity index (χ2n) is 3.27. The standard InChI is InChI=1S/C11H8Cl2N2O4/c1-6(5-8(13)7(2)12)14-11(16)9-3-4-10(19-9)15(17)18/h3-5H,1-2H2,(H,14,16)/b8-5+. The SMILES string of the molecule is C=C(/C=C(/Cl)C(=C)Cl)NC(=O)c1ccc([N+](=O)[O-])o1. The molecule has 0 spiro atoms. The molecule has 100 valence electrons. The van der Waals surface area contributed by atoms with Gasteiger partial charge >= 0.3 is 5.88 Å². The lowest BCUT2D eigenvalue weighted by Crippen LogP contribution is -2.20. The number of hydrogen-bond acceptors (Lipinski definition) is 4. The van der Waals surface area contributed by atoms with Crippen molar-refractivity contribution < 1.29 is 14.1 Å². The van der Waals surface area contributed by atoms with Crippen molar-refractivity contribution in [2.24, 2.45) is 0 Å². The summed E-state index contributed by atoms with van der Waals surface area (Å²) in [5, 5.41) is 12.9. The number of nitrogens with zero attached hydrogens (tertiary/aromatic N) is 1. The quantitative estimate of drug-likeness (QED) is 0.513. The summed E-state index contributed by atoms with van der Waals surface area (Å²) in [7, 11) is 0. The van der Waals surface area contributed by atoms with Crippen LogP contribution in [0.5, 0.6) is 0 Å². The van der Waals surface area contributed by atoms with Gasteiger partial charge in [-0.2, -0.15) is 0 Å². The third kappa shape index (κ3) is 4.27. The maximum absolute atomic E-state index is 11.6. The van der Waals surface area contributed by atoms with E-state index in [9.17, 15) is 14.9 Å². The number of nitrogens with one attached hydrogen (secondary N) is 1. The van der Waals surface area contributed by atoms with E-state index in [4.69, 9.17) is 27.6 Å². The molecule has 0 aliphatic rings. The molecule has 8 heteroatoms. The van der Waals surface area contributed by atoms with Crippen LogP contribution in [0, 0.1) is 10.1 Å². The van der Waals surface area contributed by atoms with Crippen molar-refractivity contribution >= 4 is 35.0 Å². The summed E-state index contributed by atoms with van der Waals surface area (Å²) in [6.45, 7) is 6.90. The Balaban J connectivity index is 2.74. The van der Waals surface area contributed by atoms with Gasteiger partial charge in [0, 0.05) is 5.70 Å². The number of allylic oxidation sites excluding steroid dienone is 3. The Morgan fingerprint density at radius 1 is 1.42 bits per heavy atom. The fraction of sp³-hybridized carbons (Fsp3) is 0. The van der Waals surface area contributed by atoms with Gasteiger partial charge in [-0.05, 0) is 12.1 Å². The zero-order valence-corrected chi connectivity index (χ0v) is 11.0. The van der Waals surface area contributed by atoms with Crippen LogP contribution in [0.2, 0.25) is 0 Å². The summed E-state index contributed by atoms with van der Waals surface area (Å²) >= 11 is 11.2. The molecule has 0 saturated carbocycles. The van der Waals surface area contributed by atoms with Gasteiger partial charge in [-0.25, -0.2) is 0 Å². The minimum atomic E-state index is -0.750. The smallest absolute Gasteiger partial charge is 0.395 e. The van der Waals surface area contributed by atoms with E-state index in [0.717, 1.165) is 6.07 Å². The molecule has 19 heavy (non-hydrogen) atoms. The first-order valence-electron chi connectivity index (χ1n) is 4.77. The molecule has 1 rings (SSSR count). The van der Waals surface area contributed by atoms with Gasteiger partial charge in [0.05, 0.1) is 16.1 Å². The highest BCUT2D eigenvalue weighted by Gasteiger charge is 2.17. The van der Waals surface area contributed by atoms with Crippen LogP contribution < -0.4 is 5.32 Å². The summed E-state index contributed by atoms with van der Waals surface area (Å²) < 4.78 is 4.71. The van der Waals surface area contributed by atoms with Crippen molar-refractivity contribution in [2.75, 3.05) is 0 Å². The van der Waals surface area contributed by atoms with Gasteiger partial charge in [-0.15, -0.1) is 0 Å². The van der Waals surface area contributed by atoms with Crippen LogP contribution in [0.1, 0.15) is 10.6 Å².